The summed E-state index contributed by atoms with van der Waals surface area (Å²) < 4.78 is 5.30. The van der Waals surface area contributed by atoms with Crippen LogP contribution >= 0.6 is 0 Å². The predicted octanol–water partition coefficient (Wildman–Crippen LogP) is 1.89. The van der Waals surface area contributed by atoms with E-state index in [-0.39, 0.29) is 29.8 Å². The number of nitro groups is 1. The van der Waals surface area contributed by atoms with Gasteiger partial charge in [-0.3, -0.25) is 19.7 Å². The van der Waals surface area contributed by atoms with E-state index in [1.807, 2.05) is 11.0 Å². The number of hydrogen-bond donors (Lipinski definition) is 0. The van der Waals surface area contributed by atoms with Gasteiger partial charge >= 0.3 is 0 Å². The van der Waals surface area contributed by atoms with E-state index in [2.05, 4.69) is 4.90 Å². The third kappa shape index (κ3) is 4.08. The Morgan fingerprint density at radius 2 is 1.86 bits per heavy atom. The number of anilines is 1. The topological polar surface area (TPSA) is 100 Å². The summed E-state index contributed by atoms with van der Waals surface area (Å²) in [6.45, 7) is 3.25. The molecule has 4 rings (SSSR count). The first-order chi connectivity index (χ1) is 14.0. The van der Waals surface area contributed by atoms with Gasteiger partial charge in [0, 0.05) is 57.0 Å². The molecule has 0 aliphatic carbocycles. The number of nitrogens with zero attached hydrogens (tertiary/aromatic N) is 4. The highest BCUT2D eigenvalue weighted by Gasteiger charge is 2.37. The fourth-order valence-electron chi connectivity index (χ4n) is 3.91. The van der Waals surface area contributed by atoms with Gasteiger partial charge in [-0.15, -0.1) is 0 Å². The van der Waals surface area contributed by atoms with Crippen molar-refractivity contribution in [2.75, 3.05) is 37.6 Å². The van der Waals surface area contributed by atoms with Crippen LogP contribution in [0.1, 0.15) is 12.2 Å². The smallest absolute Gasteiger partial charge is 0.269 e. The van der Waals surface area contributed by atoms with Crippen LogP contribution in [-0.4, -0.2) is 59.3 Å². The molecule has 0 saturated carbocycles. The molecule has 9 nitrogen and oxygen atoms in total. The molecule has 152 valence electrons. The van der Waals surface area contributed by atoms with Crippen molar-refractivity contribution in [3.63, 3.8) is 0 Å². The third-order valence-corrected chi connectivity index (χ3v) is 5.51. The van der Waals surface area contributed by atoms with Crippen LogP contribution in [0.15, 0.2) is 47.1 Å². The summed E-state index contributed by atoms with van der Waals surface area (Å²) in [4.78, 5) is 41.1. The first kappa shape index (κ1) is 19.0. The van der Waals surface area contributed by atoms with Gasteiger partial charge in [-0.1, -0.05) is 0 Å². The molecule has 2 aliphatic rings. The maximum Gasteiger partial charge on any atom is 0.269 e. The van der Waals surface area contributed by atoms with Crippen LogP contribution in [0.5, 0.6) is 0 Å². The van der Waals surface area contributed by atoms with Crippen molar-refractivity contribution in [1.29, 1.82) is 0 Å². The number of piperazine rings is 1. The van der Waals surface area contributed by atoms with Crippen molar-refractivity contribution in [1.82, 2.24) is 9.80 Å². The zero-order chi connectivity index (χ0) is 20.4. The minimum atomic E-state index is -0.418. The molecule has 2 aliphatic heterocycles. The average molecular weight is 398 g/mol. The summed E-state index contributed by atoms with van der Waals surface area (Å²) in [7, 11) is 0. The molecule has 2 fully saturated rings. The summed E-state index contributed by atoms with van der Waals surface area (Å²) in [5, 5.41) is 10.8. The third-order valence-electron chi connectivity index (χ3n) is 5.51. The molecule has 0 radical (unpaired) electrons. The number of benzene rings is 1. The Morgan fingerprint density at radius 3 is 2.48 bits per heavy atom. The minimum absolute atomic E-state index is 0.0173. The second-order valence-electron chi connectivity index (χ2n) is 7.34. The fraction of sp³-hybridized carbons (Fsp3) is 0.400. The Hall–Kier alpha value is -3.36. The second kappa shape index (κ2) is 7.94. The van der Waals surface area contributed by atoms with E-state index in [9.17, 15) is 19.7 Å². The molecule has 1 aromatic heterocycles. The van der Waals surface area contributed by atoms with Gasteiger partial charge in [-0.25, -0.2) is 0 Å². The molecule has 3 heterocycles. The Morgan fingerprint density at radius 1 is 1.14 bits per heavy atom. The van der Waals surface area contributed by atoms with Crippen LogP contribution < -0.4 is 4.90 Å². The lowest BCUT2D eigenvalue weighted by Gasteiger charge is -2.37. The minimum Gasteiger partial charge on any atom is -0.467 e. The van der Waals surface area contributed by atoms with E-state index >= 15 is 0 Å². The first-order valence-corrected chi connectivity index (χ1v) is 9.59. The molecule has 1 aromatic carbocycles. The Balaban J connectivity index is 1.31. The lowest BCUT2D eigenvalue weighted by atomic mass is 10.1. The number of non-ortho nitro benzene ring substituents is 1. The highest BCUT2D eigenvalue weighted by atomic mass is 16.6. The largest absolute Gasteiger partial charge is 0.467 e. The van der Waals surface area contributed by atoms with E-state index in [4.69, 9.17) is 4.42 Å². The van der Waals surface area contributed by atoms with Crippen molar-refractivity contribution in [3.8, 4) is 0 Å². The van der Waals surface area contributed by atoms with Gasteiger partial charge in [0.1, 0.15) is 5.76 Å². The maximum absolute atomic E-state index is 12.9. The molecule has 1 atom stereocenters. The van der Waals surface area contributed by atoms with Gasteiger partial charge < -0.3 is 19.1 Å². The number of furan rings is 1. The van der Waals surface area contributed by atoms with Gasteiger partial charge in [0.05, 0.1) is 23.6 Å². The number of rotatable bonds is 5. The normalized spacial score (nSPS) is 19.7. The van der Waals surface area contributed by atoms with Crippen LogP contribution in [0.4, 0.5) is 11.4 Å². The quantitative estimate of drug-likeness (QED) is 0.563. The van der Waals surface area contributed by atoms with Crippen molar-refractivity contribution >= 4 is 23.2 Å². The highest BCUT2D eigenvalue weighted by molar-refractivity contribution is 5.89. The molecular weight excluding hydrogens is 376 g/mol. The van der Waals surface area contributed by atoms with Crippen LogP contribution in [0.2, 0.25) is 0 Å². The molecule has 2 saturated heterocycles. The summed E-state index contributed by atoms with van der Waals surface area (Å²) in [6.07, 6.45) is 1.81. The first-order valence-electron chi connectivity index (χ1n) is 9.59. The fourth-order valence-corrected chi connectivity index (χ4v) is 3.91. The number of hydrogen-bond acceptors (Lipinski definition) is 6. The predicted molar refractivity (Wildman–Crippen MR) is 104 cm³/mol. The van der Waals surface area contributed by atoms with Gasteiger partial charge in [0.25, 0.3) is 5.69 Å². The number of amides is 2. The molecule has 0 bridgehead atoms. The van der Waals surface area contributed by atoms with Gasteiger partial charge in [0.15, 0.2) is 0 Å². The van der Waals surface area contributed by atoms with E-state index in [0.717, 1.165) is 5.69 Å². The van der Waals surface area contributed by atoms with E-state index in [1.165, 1.54) is 12.1 Å². The molecule has 0 N–H and O–H groups in total. The zero-order valence-electron chi connectivity index (χ0n) is 15.9. The number of carbonyl (C=O) groups is 2. The number of likely N-dealkylation sites (tertiary alicyclic amines) is 1. The standard InChI is InChI=1S/C20H22N4O5/c25-19-12-15(13-23(19)14-18-2-1-11-29-18)20(26)22-9-7-21(8-10-22)16-3-5-17(6-4-16)24(27)28/h1-6,11,15H,7-10,12-14H2/t15-/m1/s1. The van der Waals surface area contributed by atoms with Gasteiger partial charge in [-0.05, 0) is 24.3 Å². The molecule has 0 unspecified atom stereocenters. The van der Waals surface area contributed by atoms with E-state index in [1.54, 1.807) is 29.4 Å². The number of carbonyl (C=O) groups excluding carboxylic acids is 2. The second-order valence-corrected chi connectivity index (χ2v) is 7.34. The monoisotopic (exact) mass is 398 g/mol. The van der Waals surface area contributed by atoms with E-state index < -0.39 is 4.92 Å². The lowest BCUT2D eigenvalue weighted by Crippen LogP contribution is -2.50. The van der Waals surface area contributed by atoms with Crippen molar-refractivity contribution in [2.45, 2.75) is 13.0 Å². The van der Waals surface area contributed by atoms with Gasteiger partial charge in [0.2, 0.25) is 11.8 Å². The SMILES string of the molecule is O=C1C[C@@H](C(=O)N2CCN(c3ccc([N+](=O)[O-])cc3)CC2)CN1Cc1ccco1. The van der Waals surface area contributed by atoms with Crippen LogP contribution in [0.25, 0.3) is 0 Å². The summed E-state index contributed by atoms with van der Waals surface area (Å²) in [5.41, 5.74) is 0.968. The van der Waals surface area contributed by atoms with Crippen molar-refractivity contribution < 1.29 is 18.9 Å². The molecule has 0 spiro atoms. The molecule has 2 amide bonds. The molecular formula is C20H22N4O5. The van der Waals surface area contributed by atoms with Crippen molar-refractivity contribution in [3.05, 3.63) is 58.5 Å². The number of nitro benzene ring substituents is 1. The lowest BCUT2D eigenvalue weighted by molar-refractivity contribution is -0.384. The van der Waals surface area contributed by atoms with Crippen LogP contribution in [-0.2, 0) is 16.1 Å². The van der Waals surface area contributed by atoms with Crippen LogP contribution in [0, 0.1) is 16.0 Å². The summed E-state index contributed by atoms with van der Waals surface area (Å²) in [5.74, 6) is 0.388. The highest BCUT2D eigenvalue weighted by Crippen LogP contribution is 2.25. The molecule has 29 heavy (non-hydrogen) atoms. The van der Waals surface area contributed by atoms with Crippen LogP contribution in [0.3, 0.4) is 0 Å². The Bertz CT molecular complexity index is 888. The van der Waals surface area contributed by atoms with Crippen molar-refractivity contribution in [2.24, 2.45) is 5.92 Å². The molecule has 9 heteroatoms. The summed E-state index contributed by atoms with van der Waals surface area (Å²) >= 11 is 0. The average Bonchev–Trinajstić information content (AvgIpc) is 3.38. The Labute approximate surface area is 167 Å². The van der Waals surface area contributed by atoms with E-state index in [0.29, 0.717) is 45.0 Å². The van der Waals surface area contributed by atoms with Gasteiger partial charge in [-0.2, -0.15) is 0 Å². The summed E-state index contributed by atoms with van der Waals surface area (Å²) in [6, 6.07) is 10.0. The molecule has 2 aromatic rings. The maximum atomic E-state index is 12.9. The Kier molecular flexibility index (Phi) is 5.20. The zero-order valence-corrected chi connectivity index (χ0v) is 15.9.